The smallest absolute Gasteiger partial charge is 0.272 e. The van der Waals surface area contributed by atoms with Gasteiger partial charge in [0.2, 0.25) is 0 Å². The first-order chi connectivity index (χ1) is 70.9. The van der Waals surface area contributed by atoms with Crippen molar-refractivity contribution in [2.24, 2.45) is 0 Å². The summed E-state index contributed by atoms with van der Waals surface area (Å²) < 4.78 is 13.4. The van der Waals surface area contributed by atoms with E-state index >= 15 is 0 Å². The van der Waals surface area contributed by atoms with Gasteiger partial charge in [0, 0.05) is 124 Å². The van der Waals surface area contributed by atoms with Crippen molar-refractivity contribution >= 4 is 238 Å². The molecule has 15 heterocycles. The molecule has 9 aromatic carbocycles. The lowest BCUT2D eigenvalue weighted by Gasteiger charge is -2.08. The van der Waals surface area contributed by atoms with Crippen molar-refractivity contribution in [2.75, 3.05) is 26.6 Å². The molecule has 0 spiro atoms. The molecule has 0 aliphatic heterocycles. The topological polar surface area (TPSA) is 494 Å². The number of hydrogen-bond donors (Lipinski definition) is 14. The number of thioether (sulfide) groups is 5. The van der Waals surface area contributed by atoms with Crippen molar-refractivity contribution in [3.8, 4) is 0 Å². The van der Waals surface area contributed by atoms with Crippen LogP contribution in [0.15, 0.2) is 319 Å². The van der Waals surface area contributed by atoms with Gasteiger partial charge in [-0.05, 0) is 199 Å². The fourth-order valence-electron chi connectivity index (χ4n) is 15.3. The Morgan fingerprint density at radius 2 is 0.676 bits per heavy atom. The van der Waals surface area contributed by atoms with Crippen molar-refractivity contribution < 1.29 is 28.4 Å². The van der Waals surface area contributed by atoms with Gasteiger partial charge in [-0.3, -0.25) is 49.5 Å². The molecule has 5 amide bonds. The quantitative estimate of drug-likeness (QED) is 0.0187. The van der Waals surface area contributed by atoms with Crippen LogP contribution in [0.25, 0.3) is 98.8 Å². The van der Waals surface area contributed by atoms with Crippen molar-refractivity contribution in [1.29, 1.82) is 0 Å². The van der Waals surface area contributed by atoms with E-state index in [1.165, 1.54) is 55.1 Å². The molecule has 14 N–H and O–H groups in total. The number of fused-ring (bicyclic) bond motifs is 9. The molecule has 15 aromatic heterocycles. The zero-order valence-corrected chi connectivity index (χ0v) is 81.8. The number of aromatic nitrogens is 25. The number of halogens is 2. The van der Waals surface area contributed by atoms with Gasteiger partial charge in [-0.1, -0.05) is 78.3 Å². The summed E-state index contributed by atoms with van der Waals surface area (Å²) in [6.07, 6.45) is 20.0. The number of aromatic amines is 9. The maximum Gasteiger partial charge on any atom is 0.272 e. The Bertz CT molecular complexity index is 8460. The van der Waals surface area contributed by atoms with Gasteiger partial charge >= 0.3 is 0 Å². The number of carbonyl (C=O) groups is 5. The Labute approximate surface area is 850 Å². The largest absolute Gasteiger partial charge is 0.361 e. The number of hydrogen-bond acceptors (Lipinski definition) is 27. The first-order valence-corrected chi connectivity index (χ1v) is 50.6. The second-order valence-corrected chi connectivity index (χ2v) is 38.8. The van der Waals surface area contributed by atoms with Crippen LogP contribution in [-0.2, 0) is 28.8 Å². The zero-order chi connectivity index (χ0) is 99.1. The average molecular weight is 2050 g/mol. The number of benzene rings is 9. The molecule has 145 heavy (non-hydrogen) atoms. The molecule has 0 bridgehead atoms. The van der Waals surface area contributed by atoms with Gasteiger partial charge in [0.15, 0.2) is 28.2 Å². The van der Waals surface area contributed by atoms with Crippen LogP contribution in [0.5, 0.6) is 0 Å². The van der Waals surface area contributed by atoms with Gasteiger partial charge in [0.1, 0.15) is 78.8 Å². The number of nitrogens with zero attached hydrogens (tertiary/aromatic N) is 16. The minimum atomic E-state index is -0.338. The summed E-state index contributed by atoms with van der Waals surface area (Å²) >= 11 is 15.4. The summed E-state index contributed by atoms with van der Waals surface area (Å²) in [5, 5.41) is 63.0. The summed E-state index contributed by atoms with van der Waals surface area (Å²) in [6, 6.07) is 67.3. The average Bonchev–Trinajstić information content (AvgIpc) is 1.68. The van der Waals surface area contributed by atoms with Crippen molar-refractivity contribution in [1.82, 2.24) is 126 Å². The number of nitrogens with one attached hydrogen (secondary N) is 14. The predicted octanol–water partition coefficient (Wildman–Crippen LogP) is 22.3. The maximum absolute atomic E-state index is 13.4. The van der Waals surface area contributed by atoms with Gasteiger partial charge in [0.05, 0.1) is 68.6 Å². The van der Waals surface area contributed by atoms with E-state index in [-0.39, 0.29) is 35.4 Å². The summed E-state index contributed by atoms with van der Waals surface area (Å²) in [5.41, 5.74) is 19.0. The van der Waals surface area contributed by atoms with Gasteiger partial charge in [-0.15, -0.1) is 70.1 Å². The highest BCUT2D eigenvalue weighted by molar-refractivity contribution is 7.99. The van der Waals surface area contributed by atoms with E-state index in [0.717, 1.165) is 180 Å². The second kappa shape index (κ2) is 44.3. The highest BCUT2D eigenvalue weighted by Gasteiger charge is 2.21. The molecule has 0 unspecified atom stereocenters. The zero-order valence-electron chi connectivity index (χ0n) is 76.2. The molecule has 0 aliphatic carbocycles. The van der Waals surface area contributed by atoms with Crippen LogP contribution in [0.3, 0.4) is 0 Å². The molecule has 0 fully saturated rings. The molecule has 0 radical (unpaired) electrons. The number of aryl methyl sites for hydroxylation is 2. The van der Waals surface area contributed by atoms with Crippen molar-refractivity contribution in [3.63, 3.8) is 0 Å². The Morgan fingerprint density at radius 1 is 0.331 bits per heavy atom. The first kappa shape index (κ1) is 95.4. The summed E-state index contributed by atoms with van der Waals surface area (Å²) in [5.74, 6) is 2.31. The first-order valence-electron chi connectivity index (χ1n) is 44.4. The molecule has 35 nitrogen and oxygen atoms in total. The molecule has 0 saturated carbocycles. The molecular weight excluding hydrogens is 1970 g/mol. The van der Waals surface area contributed by atoms with E-state index in [0.29, 0.717) is 71.8 Å². The lowest BCUT2D eigenvalue weighted by Crippen LogP contribution is -2.12. The van der Waals surface area contributed by atoms with Crippen molar-refractivity contribution in [2.45, 2.75) is 67.7 Å². The number of H-pyrrole nitrogens is 9. The SMILES string of the molecule is Cc1nc(C)c(C(=O)Nc2cccc(CSc3ncnc4[nH]ncc34)c2)s1.O=C(Nc1cccc(CSc2ncnc3[nH]ncc23)c1)c1cc2cc(Cl)ccc2[nH]1.O=C(Nc1cccc(CSc2ncnc3[nH]ncc23)c1)c1cc2cc(F)ccc2[nH]1.O=C(Nc1cccc(CSc2ncnc3[nH]ncc23)c1)c1ccc2[nH]ccc2c1.O=C(Nc1cccc(CSc2ncnc3[nH]ncc23)c1)c1ccc2cc[nH]c2c1. The van der Waals surface area contributed by atoms with Crippen LogP contribution in [0.1, 0.15) is 89.9 Å². The third kappa shape index (κ3) is 23.5. The van der Waals surface area contributed by atoms with Gasteiger partial charge < -0.3 is 46.5 Å². The van der Waals surface area contributed by atoms with E-state index in [2.05, 4.69) is 152 Å². The third-order valence-electron chi connectivity index (χ3n) is 22.3. The molecule has 0 atom stereocenters. The van der Waals surface area contributed by atoms with Crippen molar-refractivity contribution in [3.05, 3.63) is 370 Å². The van der Waals surface area contributed by atoms with E-state index in [9.17, 15) is 28.4 Å². The number of anilines is 5. The van der Waals surface area contributed by atoms with E-state index < -0.39 is 0 Å². The van der Waals surface area contributed by atoms with Crippen LogP contribution in [0, 0.1) is 19.7 Å². The Balaban J connectivity index is 0.000000110. The summed E-state index contributed by atoms with van der Waals surface area (Å²) in [6.45, 7) is 3.75. The van der Waals surface area contributed by atoms with E-state index in [1.54, 1.807) is 114 Å². The third-order valence-corrected chi connectivity index (χ3v) is 28.9. The summed E-state index contributed by atoms with van der Waals surface area (Å²) in [7, 11) is 0. The second-order valence-electron chi connectivity index (χ2n) is 32.3. The van der Waals surface area contributed by atoms with Crippen LogP contribution < -0.4 is 26.6 Å². The van der Waals surface area contributed by atoms with Crippen LogP contribution in [0.2, 0.25) is 5.02 Å². The Kier molecular flexibility index (Phi) is 29.2. The van der Waals surface area contributed by atoms with Gasteiger partial charge in [-0.25, -0.2) is 59.2 Å². The molecule has 24 rings (SSSR count). The normalized spacial score (nSPS) is 11.2. The number of carbonyl (C=O) groups excluding carboxylic acids is 5. The van der Waals surface area contributed by atoms with Crippen LogP contribution >= 0.6 is 81.7 Å². The fraction of sp³-hybridized carbons (Fsp3) is 0.0686. The Morgan fingerprint density at radius 3 is 1.07 bits per heavy atom. The Hall–Kier alpha value is -17.2. The number of rotatable bonds is 25. The molecule has 0 saturated heterocycles. The predicted molar refractivity (Wildman–Crippen MR) is 568 cm³/mol. The van der Waals surface area contributed by atoms with E-state index in [4.69, 9.17) is 11.6 Å². The van der Waals surface area contributed by atoms with Crippen LogP contribution in [0.4, 0.5) is 32.8 Å². The van der Waals surface area contributed by atoms with Crippen LogP contribution in [-0.4, -0.2) is 155 Å². The highest BCUT2D eigenvalue weighted by Crippen LogP contribution is 2.36. The molecular formula is C102H78ClFN30O5S6. The standard InChI is InChI=1S/C21H15ClN6OS.C21H15FN6OS.2C21H16N6OS.C18H16N6OS2/c2*22-14-4-5-17-13(7-14)8-18(27-17)20(29)26-15-3-1-2-12(6-15)10-30-21-16-9-25-28-19(16)23-11-24-21;28-20(15-4-5-18-14(9-15)6-7-22-18)26-16-3-1-2-13(8-16)11-29-21-17-10-25-27-19(17)23-12-24-21;28-20(15-5-4-14-6-7-22-18(14)9-15)26-16-3-1-2-13(8-16)11-29-21-17-10-25-27-19(17)23-12-24-21;1-10-15(27-11(2)22-10)17(25)23-13-5-3-4-12(6-13)8-26-18-14-7-21-24-16(14)19-9-20-18/h2*1-9,11,27H,10H2,(H,26,29)(H,23,24,25,28);2*1-10,12,22H,11H2,(H,26,28)(H,23,24,25,27);3-7,9H,8H2,1-2H3,(H,23,25)(H,19,20,21,24). The molecule has 43 heteroatoms. The lowest BCUT2D eigenvalue weighted by molar-refractivity contribution is 0.101. The van der Waals surface area contributed by atoms with Gasteiger partial charge in [-0.2, -0.15) is 25.5 Å². The minimum absolute atomic E-state index is 0.126. The monoisotopic (exact) mass is 2050 g/mol. The van der Waals surface area contributed by atoms with Gasteiger partial charge in [0.25, 0.3) is 29.5 Å². The minimum Gasteiger partial charge on any atom is -0.361 e. The maximum atomic E-state index is 13.4. The van der Waals surface area contributed by atoms with E-state index in [1.807, 2.05) is 208 Å². The lowest BCUT2D eigenvalue weighted by atomic mass is 10.1. The number of amides is 5. The molecule has 0 aliphatic rings. The number of thiazole rings is 1. The molecule has 24 aromatic rings. The highest BCUT2D eigenvalue weighted by atomic mass is 35.5. The fourth-order valence-corrected chi connectivity index (χ4v) is 20.9. The summed E-state index contributed by atoms with van der Waals surface area (Å²) in [4.78, 5) is 123. The molecule has 716 valence electrons.